The van der Waals surface area contributed by atoms with Crippen LogP contribution in [0.4, 0.5) is 0 Å². The van der Waals surface area contributed by atoms with Gasteiger partial charge < -0.3 is 30.3 Å². The molecule has 1 heterocycles. The van der Waals surface area contributed by atoms with Gasteiger partial charge in [0.25, 0.3) is 0 Å². The van der Waals surface area contributed by atoms with E-state index in [9.17, 15) is 20.4 Å². The van der Waals surface area contributed by atoms with Gasteiger partial charge in [0.15, 0.2) is 0 Å². The van der Waals surface area contributed by atoms with Crippen LogP contribution in [0.2, 0.25) is 0 Å². The summed E-state index contributed by atoms with van der Waals surface area (Å²) in [4.78, 5) is 0. The Balaban J connectivity index is 2.36. The Kier molecular flexibility index (Phi) is 6.48. The lowest BCUT2D eigenvalue weighted by Gasteiger charge is -2.31. The second kappa shape index (κ2) is 7.37. The van der Waals surface area contributed by atoms with E-state index in [1.807, 2.05) is 0 Å². The number of ether oxygens (including phenoxy) is 1. The summed E-state index contributed by atoms with van der Waals surface area (Å²) in [6, 6.07) is 0. The molecule has 5 N–H and O–H groups in total. The van der Waals surface area contributed by atoms with Crippen LogP contribution in [-0.4, -0.2) is 68.8 Å². The highest BCUT2D eigenvalue weighted by molar-refractivity contribution is 4.81. The summed E-state index contributed by atoms with van der Waals surface area (Å²) in [6.45, 7) is 1.96. The molecule has 0 saturated carbocycles. The molecule has 6 nitrogen and oxygen atoms in total. The van der Waals surface area contributed by atoms with Gasteiger partial charge in [-0.05, 0) is 19.8 Å². The first kappa shape index (κ1) is 15.8. The first-order valence-electron chi connectivity index (χ1n) is 6.43. The topological polar surface area (TPSA) is 110 Å². The molecule has 108 valence electrons. The van der Waals surface area contributed by atoms with Gasteiger partial charge in [-0.15, -0.1) is 0 Å². The zero-order chi connectivity index (χ0) is 13.7. The molecule has 0 aliphatic carbocycles. The Morgan fingerprint density at radius 2 is 1.78 bits per heavy atom. The minimum absolute atomic E-state index is 0.109. The van der Waals surface area contributed by atoms with E-state index in [2.05, 4.69) is 0 Å². The van der Waals surface area contributed by atoms with Gasteiger partial charge in [-0.2, -0.15) is 0 Å². The fraction of sp³-hybridized carbons (Fsp3) is 1.00. The maximum atomic E-state index is 9.78. The van der Waals surface area contributed by atoms with Crippen LogP contribution in [0.3, 0.4) is 0 Å². The van der Waals surface area contributed by atoms with Crippen molar-refractivity contribution in [1.29, 1.82) is 0 Å². The molecule has 1 aliphatic heterocycles. The molecule has 4 unspecified atom stereocenters. The highest BCUT2D eigenvalue weighted by Crippen LogP contribution is 2.20. The quantitative estimate of drug-likeness (QED) is 0.411. The second-order valence-corrected chi connectivity index (χ2v) is 5.03. The summed E-state index contributed by atoms with van der Waals surface area (Å²) in [6.07, 6.45) is -3.94. The van der Waals surface area contributed by atoms with Crippen molar-refractivity contribution >= 4 is 0 Å². The standard InChI is InChI=1S/C12H24O6/c1-7(13)9(15)5-10(16)11(17)6-12-8(14)3-2-4-18-12/h7-17H,2-6H2,1H3/t7?,8-,9?,10?,11?,12+/m1/s1. The number of hydrogen-bond donors (Lipinski definition) is 5. The van der Waals surface area contributed by atoms with E-state index in [4.69, 9.17) is 9.84 Å². The van der Waals surface area contributed by atoms with Gasteiger partial charge in [-0.25, -0.2) is 0 Å². The van der Waals surface area contributed by atoms with Crippen molar-refractivity contribution in [2.75, 3.05) is 6.61 Å². The molecule has 1 fully saturated rings. The fourth-order valence-electron chi connectivity index (χ4n) is 2.05. The molecule has 18 heavy (non-hydrogen) atoms. The minimum atomic E-state index is -1.15. The molecule has 0 aromatic heterocycles. The first-order chi connectivity index (χ1) is 8.41. The predicted octanol–water partition coefficient (Wildman–Crippen LogP) is -1.23. The van der Waals surface area contributed by atoms with E-state index < -0.39 is 36.6 Å². The van der Waals surface area contributed by atoms with Crippen molar-refractivity contribution in [2.24, 2.45) is 0 Å². The summed E-state index contributed by atoms with van der Waals surface area (Å²) < 4.78 is 5.33. The number of aliphatic hydroxyl groups excluding tert-OH is 5. The van der Waals surface area contributed by atoms with Gasteiger partial charge in [-0.3, -0.25) is 0 Å². The van der Waals surface area contributed by atoms with Crippen LogP contribution in [-0.2, 0) is 4.74 Å². The SMILES string of the molecule is CC(O)C(O)CC(O)C(O)C[C@@H]1OCCC[C@H]1O. The lowest BCUT2D eigenvalue weighted by atomic mass is 9.95. The van der Waals surface area contributed by atoms with Gasteiger partial charge in [-0.1, -0.05) is 0 Å². The lowest BCUT2D eigenvalue weighted by Crippen LogP contribution is -2.41. The summed E-state index contributed by atoms with van der Waals surface area (Å²) in [5, 5.41) is 47.7. The molecule has 0 aromatic rings. The molecule has 0 amide bonds. The molecule has 1 rings (SSSR count). The Morgan fingerprint density at radius 3 is 2.33 bits per heavy atom. The summed E-state index contributed by atoms with van der Waals surface area (Å²) in [5.41, 5.74) is 0. The molecular formula is C12H24O6. The van der Waals surface area contributed by atoms with E-state index >= 15 is 0 Å². The molecule has 0 radical (unpaired) electrons. The summed E-state index contributed by atoms with van der Waals surface area (Å²) in [5.74, 6) is 0. The van der Waals surface area contributed by atoms with Crippen molar-refractivity contribution in [2.45, 2.75) is 69.2 Å². The highest BCUT2D eigenvalue weighted by Gasteiger charge is 2.30. The third kappa shape index (κ3) is 4.79. The summed E-state index contributed by atoms with van der Waals surface area (Å²) in [7, 11) is 0. The Hall–Kier alpha value is -0.240. The van der Waals surface area contributed by atoms with E-state index in [0.717, 1.165) is 6.42 Å². The normalized spacial score (nSPS) is 31.7. The molecule has 6 atom stereocenters. The minimum Gasteiger partial charge on any atom is -0.391 e. The van der Waals surface area contributed by atoms with Crippen molar-refractivity contribution in [3.8, 4) is 0 Å². The van der Waals surface area contributed by atoms with Crippen molar-refractivity contribution in [3.05, 3.63) is 0 Å². The van der Waals surface area contributed by atoms with Crippen LogP contribution in [0.5, 0.6) is 0 Å². The average molecular weight is 264 g/mol. The molecule has 0 bridgehead atoms. The monoisotopic (exact) mass is 264 g/mol. The summed E-state index contributed by atoms with van der Waals surface area (Å²) >= 11 is 0. The predicted molar refractivity (Wildman–Crippen MR) is 63.9 cm³/mol. The van der Waals surface area contributed by atoms with Gasteiger partial charge in [0.1, 0.15) is 0 Å². The maximum Gasteiger partial charge on any atom is 0.0859 e. The Labute approximate surface area is 107 Å². The van der Waals surface area contributed by atoms with E-state index in [-0.39, 0.29) is 12.8 Å². The number of rotatable bonds is 6. The van der Waals surface area contributed by atoms with Crippen LogP contribution in [0, 0.1) is 0 Å². The third-order valence-corrected chi connectivity index (χ3v) is 3.36. The van der Waals surface area contributed by atoms with Gasteiger partial charge in [0, 0.05) is 19.4 Å². The second-order valence-electron chi connectivity index (χ2n) is 5.03. The van der Waals surface area contributed by atoms with Gasteiger partial charge >= 0.3 is 0 Å². The van der Waals surface area contributed by atoms with Crippen LogP contribution in [0.25, 0.3) is 0 Å². The van der Waals surface area contributed by atoms with E-state index in [1.165, 1.54) is 6.92 Å². The Morgan fingerprint density at radius 1 is 1.11 bits per heavy atom. The smallest absolute Gasteiger partial charge is 0.0859 e. The molecule has 0 aromatic carbocycles. The number of hydrogen-bond acceptors (Lipinski definition) is 6. The van der Waals surface area contributed by atoms with Gasteiger partial charge in [0.05, 0.1) is 36.6 Å². The zero-order valence-corrected chi connectivity index (χ0v) is 10.6. The highest BCUT2D eigenvalue weighted by atomic mass is 16.5. The van der Waals surface area contributed by atoms with Crippen molar-refractivity contribution < 1.29 is 30.3 Å². The Bertz CT molecular complexity index is 235. The van der Waals surface area contributed by atoms with Crippen LogP contribution < -0.4 is 0 Å². The van der Waals surface area contributed by atoms with Crippen molar-refractivity contribution in [3.63, 3.8) is 0 Å². The first-order valence-corrected chi connectivity index (χ1v) is 6.43. The van der Waals surface area contributed by atoms with Gasteiger partial charge in [0.2, 0.25) is 0 Å². The maximum absolute atomic E-state index is 9.78. The van der Waals surface area contributed by atoms with Crippen LogP contribution >= 0.6 is 0 Å². The molecule has 6 heteroatoms. The fourth-order valence-corrected chi connectivity index (χ4v) is 2.05. The van der Waals surface area contributed by atoms with E-state index in [0.29, 0.717) is 13.0 Å². The molecule has 0 spiro atoms. The average Bonchev–Trinajstić information content (AvgIpc) is 2.31. The molecule has 1 aliphatic rings. The third-order valence-electron chi connectivity index (χ3n) is 3.36. The van der Waals surface area contributed by atoms with Crippen LogP contribution in [0.15, 0.2) is 0 Å². The lowest BCUT2D eigenvalue weighted by molar-refractivity contribution is -0.110. The van der Waals surface area contributed by atoms with Crippen molar-refractivity contribution in [1.82, 2.24) is 0 Å². The molecular weight excluding hydrogens is 240 g/mol. The zero-order valence-electron chi connectivity index (χ0n) is 10.6. The molecule has 1 saturated heterocycles. The largest absolute Gasteiger partial charge is 0.391 e. The number of aliphatic hydroxyl groups is 5. The van der Waals surface area contributed by atoms with E-state index in [1.54, 1.807) is 0 Å². The van der Waals surface area contributed by atoms with Crippen LogP contribution in [0.1, 0.15) is 32.6 Å².